The lowest BCUT2D eigenvalue weighted by Crippen LogP contribution is -1.96. The van der Waals surface area contributed by atoms with Crippen molar-refractivity contribution in [3.05, 3.63) is 84.8 Å². The third-order valence-corrected chi connectivity index (χ3v) is 6.47. The van der Waals surface area contributed by atoms with E-state index in [1.54, 1.807) is 48.8 Å². The molecule has 0 saturated carbocycles. The Balaban J connectivity index is 1.58. The van der Waals surface area contributed by atoms with Gasteiger partial charge in [-0.3, -0.25) is 9.50 Å². The van der Waals surface area contributed by atoms with Crippen LogP contribution in [0.5, 0.6) is 0 Å². The van der Waals surface area contributed by atoms with Crippen LogP contribution in [0, 0.1) is 11.3 Å². The van der Waals surface area contributed by atoms with E-state index in [1.165, 1.54) is 6.26 Å². The fourth-order valence-corrected chi connectivity index (χ4v) is 4.29. The molecule has 3 aromatic heterocycles. The van der Waals surface area contributed by atoms with Gasteiger partial charge in [-0.2, -0.15) is 10.4 Å². The van der Waals surface area contributed by atoms with Crippen LogP contribution in [-0.4, -0.2) is 34.3 Å². The van der Waals surface area contributed by atoms with Gasteiger partial charge in [-0.25, -0.2) is 13.4 Å². The fraction of sp³-hybridized carbons (Fsp3) is 0.0417. The summed E-state index contributed by atoms with van der Waals surface area (Å²) in [4.78, 5) is 4.76. The summed E-state index contributed by atoms with van der Waals surface area (Å²) in [7, 11) is -3.26. The van der Waals surface area contributed by atoms with Crippen molar-refractivity contribution < 1.29 is 8.42 Å². The lowest BCUT2D eigenvalue weighted by Gasteiger charge is -2.07. The number of benzene rings is 2. The van der Waals surface area contributed by atoms with E-state index in [0.717, 1.165) is 39.3 Å². The van der Waals surface area contributed by atoms with Gasteiger partial charge in [0.25, 0.3) is 0 Å². The van der Waals surface area contributed by atoms with Gasteiger partial charge in [0.2, 0.25) is 0 Å². The number of nitrogens with zero attached hydrogens (tertiary/aromatic N) is 4. The van der Waals surface area contributed by atoms with Gasteiger partial charge < -0.3 is 0 Å². The first-order valence-corrected chi connectivity index (χ1v) is 11.6. The molecule has 156 valence electrons. The Morgan fingerprint density at radius 2 is 1.59 bits per heavy atom. The normalized spacial score (nSPS) is 11.5. The second-order valence-corrected chi connectivity index (χ2v) is 9.45. The molecule has 0 bridgehead atoms. The van der Waals surface area contributed by atoms with E-state index in [9.17, 15) is 8.42 Å². The number of nitriles is 1. The highest BCUT2D eigenvalue weighted by Crippen LogP contribution is 2.32. The van der Waals surface area contributed by atoms with Crippen molar-refractivity contribution in [3.8, 4) is 39.7 Å². The number of H-pyrrole nitrogens is 1. The second-order valence-electron chi connectivity index (χ2n) is 7.43. The van der Waals surface area contributed by atoms with Crippen LogP contribution < -0.4 is 0 Å². The molecule has 0 radical (unpaired) electrons. The van der Waals surface area contributed by atoms with Gasteiger partial charge in [0.15, 0.2) is 9.84 Å². The summed E-state index contributed by atoms with van der Waals surface area (Å²) in [6.45, 7) is 0. The van der Waals surface area contributed by atoms with Crippen LogP contribution >= 0.6 is 0 Å². The molecule has 0 aliphatic carbocycles. The lowest BCUT2D eigenvalue weighted by atomic mass is 10.0. The minimum atomic E-state index is -3.26. The minimum Gasteiger partial charge on any atom is -0.299 e. The minimum absolute atomic E-state index is 0.272. The Hall–Kier alpha value is -4.22. The molecule has 0 saturated heterocycles. The number of hydrogen-bond acceptors (Lipinski definition) is 5. The molecule has 1 N–H and O–H groups in total. The average Bonchev–Trinajstić information content (AvgIpc) is 3.45. The molecule has 0 aliphatic rings. The first-order chi connectivity index (χ1) is 15.4. The smallest absolute Gasteiger partial charge is 0.175 e. The van der Waals surface area contributed by atoms with Crippen LogP contribution in [0.3, 0.4) is 0 Å². The number of sulfone groups is 1. The second kappa shape index (κ2) is 7.48. The molecule has 0 atom stereocenters. The molecule has 3 heterocycles. The molecule has 0 amide bonds. The number of imidazole rings is 1. The molecule has 8 heteroatoms. The third kappa shape index (κ3) is 3.45. The van der Waals surface area contributed by atoms with Gasteiger partial charge in [0.05, 0.1) is 40.3 Å². The van der Waals surface area contributed by atoms with Crippen molar-refractivity contribution in [1.82, 2.24) is 19.6 Å². The predicted octanol–water partition coefficient (Wildman–Crippen LogP) is 4.33. The third-order valence-electron chi connectivity index (χ3n) is 5.34. The van der Waals surface area contributed by atoms with E-state index in [0.29, 0.717) is 5.56 Å². The van der Waals surface area contributed by atoms with Crippen molar-refractivity contribution in [2.75, 3.05) is 6.26 Å². The van der Waals surface area contributed by atoms with Crippen LogP contribution in [0.2, 0.25) is 0 Å². The molecule has 32 heavy (non-hydrogen) atoms. The first kappa shape index (κ1) is 19.7. The number of aromatic nitrogens is 4. The van der Waals surface area contributed by atoms with Crippen molar-refractivity contribution in [2.45, 2.75) is 4.90 Å². The molecule has 0 spiro atoms. The monoisotopic (exact) mass is 439 g/mol. The summed E-state index contributed by atoms with van der Waals surface area (Å²) < 4.78 is 25.5. The topological polar surface area (TPSA) is 104 Å². The van der Waals surface area contributed by atoms with E-state index in [2.05, 4.69) is 21.3 Å². The maximum Gasteiger partial charge on any atom is 0.175 e. The SMILES string of the molecule is CS(=O)(=O)c1ccc(-c2[nH]ncc2-c2ccc3ncc(-c4ccc(C#N)cc4)n3c2)cc1. The zero-order valence-corrected chi connectivity index (χ0v) is 17.8. The average molecular weight is 440 g/mol. The standard InChI is InChI=1S/C24H17N5O2S/c1-32(30,31)20-9-6-18(7-10-20)24-21(13-27-28-24)19-8-11-23-26-14-22(29(23)15-19)17-4-2-16(12-25)3-5-17/h2-11,13-15H,1H3,(H,27,28). The number of nitrogens with one attached hydrogen (secondary N) is 1. The van der Waals surface area contributed by atoms with Gasteiger partial charge in [-0.05, 0) is 36.4 Å². The van der Waals surface area contributed by atoms with Crippen molar-refractivity contribution in [2.24, 2.45) is 0 Å². The molecule has 5 aromatic rings. The highest BCUT2D eigenvalue weighted by Gasteiger charge is 2.14. The molecule has 0 unspecified atom stereocenters. The molecule has 2 aromatic carbocycles. The number of pyridine rings is 1. The number of hydrogen-bond donors (Lipinski definition) is 1. The highest BCUT2D eigenvalue weighted by molar-refractivity contribution is 7.90. The summed E-state index contributed by atoms with van der Waals surface area (Å²) >= 11 is 0. The van der Waals surface area contributed by atoms with Crippen LogP contribution in [0.1, 0.15) is 5.56 Å². The summed E-state index contributed by atoms with van der Waals surface area (Å²) in [5, 5.41) is 16.3. The number of fused-ring (bicyclic) bond motifs is 1. The van der Waals surface area contributed by atoms with E-state index in [1.807, 2.05) is 34.9 Å². The number of aromatic amines is 1. The van der Waals surface area contributed by atoms with Crippen molar-refractivity contribution in [3.63, 3.8) is 0 Å². The van der Waals surface area contributed by atoms with E-state index < -0.39 is 9.84 Å². The predicted molar refractivity (Wildman–Crippen MR) is 121 cm³/mol. The summed E-state index contributed by atoms with van der Waals surface area (Å²) in [6, 6.07) is 20.1. The zero-order valence-electron chi connectivity index (χ0n) is 17.0. The number of rotatable bonds is 4. The van der Waals surface area contributed by atoms with Gasteiger partial charge >= 0.3 is 0 Å². The quantitative estimate of drug-likeness (QED) is 0.449. The summed E-state index contributed by atoms with van der Waals surface area (Å²) in [5.41, 5.74) is 6.72. The van der Waals surface area contributed by atoms with E-state index >= 15 is 0 Å². The van der Waals surface area contributed by atoms with Crippen LogP contribution in [-0.2, 0) is 9.84 Å². The van der Waals surface area contributed by atoms with Gasteiger partial charge in [-0.15, -0.1) is 0 Å². The molecule has 5 rings (SSSR count). The fourth-order valence-electron chi connectivity index (χ4n) is 3.66. The lowest BCUT2D eigenvalue weighted by molar-refractivity contribution is 0.602. The van der Waals surface area contributed by atoms with Crippen molar-refractivity contribution >= 4 is 15.5 Å². The van der Waals surface area contributed by atoms with Crippen molar-refractivity contribution in [1.29, 1.82) is 5.26 Å². The first-order valence-electron chi connectivity index (χ1n) is 9.76. The molecule has 7 nitrogen and oxygen atoms in total. The van der Waals surface area contributed by atoms with E-state index in [-0.39, 0.29) is 4.90 Å². The van der Waals surface area contributed by atoms with Crippen LogP contribution in [0.15, 0.2) is 84.1 Å². The highest BCUT2D eigenvalue weighted by atomic mass is 32.2. The Morgan fingerprint density at radius 1 is 0.906 bits per heavy atom. The largest absolute Gasteiger partial charge is 0.299 e. The Kier molecular flexibility index (Phi) is 4.61. The maximum absolute atomic E-state index is 11.8. The molecular weight excluding hydrogens is 422 g/mol. The van der Waals surface area contributed by atoms with Crippen LogP contribution in [0.4, 0.5) is 0 Å². The van der Waals surface area contributed by atoms with Gasteiger partial charge in [0.1, 0.15) is 5.65 Å². The zero-order chi connectivity index (χ0) is 22.3. The van der Waals surface area contributed by atoms with E-state index in [4.69, 9.17) is 5.26 Å². The maximum atomic E-state index is 11.8. The Bertz CT molecular complexity index is 1590. The molecule has 0 fully saturated rings. The Morgan fingerprint density at radius 3 is 2.28 bits per heavy atom. The van der Waals surface area contributed by atoms with Gasteiger partial charge in [0, 0.05) is 34.7 Å². The molecular formula is C24H17N5O2S. The summed E-state index contributed by atoms with van der Waals surface area (Å²) in [5.74, 6) is 0. The molecule has 0 aliphatic heterocycles. The summed E-state index contributed by atoms with van der Waals surface area (Å²) in [6.07, 6.45) is 6.74. The van der Waals surface area contributed by atoms with Crippen LogP contribution in [0.25, 0.3) is 39.3 Å². The Labute approximate surface area is 184 Å². The van der Waals surface area contributed by atoms with Gasteiger partial charge in [-0.1, -0.05) is 24.3 Å².